The first-order chi connectivity index (χ1) is 11.2. The molecular weight excluding hydrogens is 306 g/mol. The maximum Gasteiger partial charge on any atom is 0.500 e. The molecule has 23 heavy (non-hydrogen) atoms. The second-order valence-electron chi connectivity index (χ2n) is 5.57. The monoisotopic (exact) mass is 339 g/mol. The molecule has 0 fully saturated rings. The number of unbranched alkanes of at least 4 members (excludes halogenated alkanes) is 2. The molecule has 0 radical (unpaired) electrons. The molecule has 1 aromatic carbocycles. The van der Waals surface area contributed by atoms with E-state index < -0.39 is 8.80 Å². The molecule has 132 valence electrons. The Balaban J connectivity index is 2.37. The van der Waals surface area contributed by atoms with Gasteiger partial charge in [-0.3, -0.25) is 0 Å². The predicted octanol–water partition coefficient (Wildman–Crippen LogP) is 3.91. The fraction of sp³-hybridized carbons (Fsp3) is 0.667. The average Bonchev–Trinajstić information content (AvgIpc) is 2.55. The Morgan fingerprint density at radius 2 is 1.48 bits per heavy atom. The third kappa shape index (κ3) is 7.59. The lowest BCUT2D eigenvalue weighted by Gasteiger charge is -2.28. The number of hydrogen-bond acceptors (Lipinski definition) is 4. The number of aryl methyl sites for hydroxylation is 1. The van der Waals surface area contributed by atoms with Gasteiger partial charge in [-0.05, 0) is 51.2 Å². The molecule has 0 aliphatic rings. The van der Waals surface area contributed by atoms with E-state index in [0.717, 1.165) is 25.3 Å². The zero-order valence-electron chi connectivity index (χ0n) is 15.0. The van der Waals surface area contributed by atoms with Gasteiger partial charge in [0.25, 0.3) is 0 Å². The quantitative estimate of drug-likeness (QED) is 0.437. The summed E-state index contributed by atoms with van der Waals surface area (Å²) in [5.41, 5.74) is 8.27. The summed E-state index contributed by atoms with van der Waals surface area (Å²) in [5, 5.41) is 0. The molecule has 0 unspecified atom stereocenters. The zero-order chi connectivity index (χ0) is 17.0. The molecule has 0 aliphatic carbocycles. The number of hydrogen-bond donors (Lipinski definition) is 1. The van der Waals surface area contributed by atoms with E-state index in [2.05, 4.69) is 24.3 Å². The van der Waals surface area contributed by atoms with E-state index in [1.54, 1.807) is 0 Å². The van der Waals surface area contributed by atoms with Gasteiger partial charge in [0.1, 0.15) is 0 Å². The molecule has 1 aromatic rings. The standard InChI is InChI=1S/C18H33NO3Si/c1-4-20-23(21-5-2,22-6-3)14-9-7-8-11-17-12-10-13-18(15-17)16-19/h10,12-13,15H,4-9,11,14,16,19H2,1-3H3. The lowest BCUT2D eigenvalue weighted by Crippen LogP contribution is -2.45. The van der Waals surface area contributed by atoms with Crippen LogP contribution in [0.1, 0.15) is 51.2 Å². The van der Waals surface area contributed by atoms with Crippen molar-refractivity contribution in [1.82, 2.24) is 0 Å². The van der Waals surface area contributed by atoms with Crippen LogP contribution in [0.4, 0.5) is 0 Å². The van der Waals surface area contributed by atoms with E-state index in [0.29, 0.717) is 26.4 Å². The highest BCUT2D eigenvalue weighted by atomic mass is 28.4. The third-order valence-electron chi connectivity index (χ3n) is 3.77. The van der Waals surface area contributed by atoms with Crippen LogP contribution in [0.25, 0.3) is 0 Å². The van der Waals surface area contributed by atoms with Crippen molar-refractivity contribution in [3.8, 4) is 0 Å². The van der Waals surface area contributed by atoms with Crippen LogP contribution in [0.2, 0.25) is 6.04 Å². The highest BCUT2D eigenvalue weighted by Crippen LogP contribution is 2.20. The largest absolute Gasteiger partial charge is 0.500 e. The minimum absolute atomic E-state index is 0.610. The third-order valence-corrected chi connectivity index (χ3v) is 6.92. The molecule has 5 heteroatoms. The Labute approximate surface area is 142 Å². The molecule has 0 heterocycles. The van der Waals surface area contributed by atoms with Crippen LogP contribution >= 0.6 is 0 Å². The molecule has 2 N–H and O–H groups in total. The van der Waals surface area contributed by atoms with Crippen molar-refractivity contribution in [2.45, 2.75) is 59.0 Å². The highest BCUT2D eigenvalue weighted by Gasteiger charge is 2.39. The number of benzene rings is 1. The van der Waals surface area contributed by atoms with E-state index >= 15 is 0 Å². The van der Waals surface area contributed by atoms with Crippen LogP contribution in [-0.2, 0) is 26.2 Å². The van der Waals surface area contributed by atoms with Gasteiger partial charge in [-0.1, -0.05) is 30.7 Å². The zero-order valence-corrected chi connectivity index (χ0v) is 16.0. The van der Waals surface area contributed by atoms with Crippen LogP contribution in [0.3, 0.4) is 0 Å². The van der Waals surface area contributed by atoms with Crippen LogP contribution in [0, 0.1) is 0 Å². The molecule has 0 atom stereocenters. The Morgan fingerprint density at radius 3 is 2.04 bits per heavy atom. The molecule has 1 rings (SSSR count). The van der Waals surface area contributed by atoms with Crippen LogP contribution in [0.15, 0.2) is 24.3 Å². The van der Waals surface area contributed by atoms with E-state index in [4.69, 9.17) is 19.0 Å². The van der Waals surface area contributed by atoms with Crippen molar-refractivity contribution in [3.63, 3.8) is 0 Å². The normalized spacial score (nSPS) is 11.8. The molecule has 0 saturated carbocycles. The van der Waals surface area contributed by atoms with Crippen molar-refractivity contribution in [2.75, 3.05) is 19.8 Å². The topological polar surface area (TPSA) is 53.7 Å². The van der Waals surface area contributed by atoms with Crippen molar-refractivity contribution >= 4 is 8.80 Å². The molecular formula is C18H33NO3Si. The molecule has 0 amide bonds. The number of nitrogens with two attached hydrogens (primary N) is 1. The lowest BCUT2D eigenvalue weighted by molar-refractivity contribution is 0.0706. The SMILES string of the molecule is CCO[Si](CCCCCc1cccc(CN)c1)(OCC)OCC. The van der Waals surface area contributed by atoms with Gasteiger partial charge in [0.15, 0.2) is 0 Å². The van der Waals surface area contributed by atoms with Crippen molar-refractivity contribution in [1.29, 1.82) is 0 Å². The summed E-state index contributed by atoms with van der Waals surface area (Å²) in [6.07, 6.45) is 4.51. The maximum atomic E-state index is 5.89. The van der Waals surface area contributed by atoms with Crippen LogP contribution in [-0.4, -0.2) is 28.6 Å². The van der Waals surface area contributed by atoms with Crippen molar-refractivity contribution in [2.24, 2.45) is 5.73 Å². The van der Waals surface area contributed by atoms with Gasteiger partial charge < -0.3 is 19.0 Å². The fourth-order valence-electron chi connectivity index (χ4n) is 2.76. The van der Waals surface area contributed by atoms with Crippen LogP contribution in [0.5, 0.6) is 0 Å². The Bertz CT molecular complexity index is 411. The van der Waals surface area contributed by atoms with E-state index in [1.807, 2.05) is 20.8 Å². The highest BCUT2D eigenvalue weighted by molar-refractivity contribution is 6.60. The first kappa shape index (κ1) is 20.3. The van der Waals surface area contributed by atoms with Crippen molar-refractivity contribution < 1.29 is 13.3 Å². The van der Waals surface area contributed by atoms with Gasteiger partial charge in [0.05, 0.1) is 0 Å². The minimum atomic E-state index is -2.46. The van der Waals surface area contributed by atoms with Gasteiger partial charge in [-0.15, -0.1) is 0 Å². The average molecular weight is 340 g/mol. The number of rotatable bonds is 13. The fourth-order valence-corrected chi connectivity index (χ4v) is 5.45. The second kappa shape index (κ2) is 11.8. The molecule has 0 spiro atoms. The molecule has 0 saturated heterocycles. The van der Waals surface area contributed by atoms with Gasteiger partial charge >= 0.3 is 8.80 Å². The summed E-state index contributed by atoms with van der Waals surface area (Å²) in [6, 6.07) is 9.47. The summed E-state index contributed by atoms with van der Waals surface area (Å²) in [5.74, 6) is 0. The van der Waals surface area contributed by atoms with Gasteiger partial charge in [0, 0.05) is 32.4 Å². The Morgan fingerprint density at radius 1 is 0.870 bits per heavy atom. The smallest absolute Gasteiger partial charge is 0.374 e. The van der Waals surface area contributed by atoms with E-state index in [-0.39, 0.29) is 0 Å². The first-order valence-corrected chi connectivity index (χ1v) is 10.8. The van der Waals surface area contributed by atoms with E-state index in [9.17, 15) is 0 Å². The van der Waals surface area contributed by atoms with Gasteiger partial charge in [-0.25, -0.2) is 0 Å². The Kier molecular flexibility index (Phi) is 10.4. The van der Waals surface area contributed by atoms with Gasteiger partial charge in [0.2, 0.25) is 0 Å². The molecule has 0 aliphatic heterocycles. The predicted molar refractivity (Wildman–Crippen MR) is 97.3 cm³/mol. The maximum absolute atomic E-state index is 5.89. The van der Waals surface area contributed by atoms with Crippen LogP contribution < -0.4 is 5.73 Å². The second-order valence-corrected chi connectivity index (χ2v) is 8.30. The summed E-state index contributed by atoms with van der Waals surface area (Å²) in [7, 11) is -2.46. The first-order valence-electron chi connectivity index (χ1n) is 8.89. The van der Waals surface area contributed by atoms with E-state index in [1.165, 1.54) is 17.5 Å². The summed E-state index contributed by atoms with van der Waals surface area (Å²) in [4.78, 5) is 0. The lowest BCUT2D eigenvalue weighted by atomic mass is 10.0. The van der Waals surface area contributed by atoms with Crippen molar-refractivity contribution in [3.05, 3.63) is 35.4 Å². The molecule has 0 bridgehead atoms. The minimum Gasteiger partial charge on any atom is -0.374 e. The summed E-state index contributed by atoms with van der Waals surface area (Å²) in [6.45, 7) is 8.58. The Hall–Kier alpha value is -0.723. The van der Waals surface area contributed by atoms with Gasteiger partial charge in [-0.2, -0.15) is 0 Å². The molecule has 4 nitrogen and oxygen atoms in total. The summed E-state index contributed by atoms with van der Waals surface area (Å²) >= 11 is 0. The molecule has 0 aromatic heterocycles. The summed E-state index contributed by atoms with van der Waals surface area (Å²) < 4.78 is 17.7.